The Bertz CT molecular complexity index is 471. The highest BCUT2D eigenvalue weighted by Crippen LogP contribution is 2.41. The molecule has 0 radical (unpaired) electrons. The summed E-state index contributed by atoms with van der Waals surface area (Å²) in [5.41, 5.74) is 6.45. The van der Waals surface area contributed by atoms with E-state index in [1.165, 1.54) is 11.8 Å². The molecular formula is C10H8N4S. The molecule has 1 aliphatic rings. The van der Waals surface area contributed by atoms with Gasteiger partial charge in [-0.2, -0.15) is 5.26 Å². The van der Waals surface area contributed by atoms with E-state index in [9.17, 15) is 0 Å². The molecular weight excluding hydrogens is 208 g/mol. The molecule has 0 aromatic heterocycles. The van der Waals surface area contributed by atoms with Gasteiger partial charge < -0.3 is 11.1 Å². The van der Waals surface area contributed by atoms with Crippen molar-refractivity contribution in [1.29, 1.82) is 10.7 Å². The molecule has 1 heterocycles. The largest absolute Gasteiger partial charge is 0.383 e. The van der Waals surface area contributed by atoms with Crippen molar-refractivity contribution in [2.75, 3.05) is 5.32 Å². The first-order valence-corrected chi connectivity index (χ1v) is 5.06. The minimum absolute atomic E-state index is 0.191. The second-order valence-corrected chi connectivity index (χ2v) is 4.01. The Morgan fingerprint density at radius 2 is 2.20 bits per heavy atom. The van der Waals surface area contributed by atoms with Gasteiger partial charge in [0.25, 0.3) is 0 Å². The van der Waals surface area contributed by atoms with E-state index < -0.39 is 0 Å². The van der Waals surface area contributed by atoms with E-state index in [-0.39, 0.29) is 11.4 Å². The first-order valence-electron chi connectivity index (χ1n) is 4.25. The summed E-state index contributed by atoms with van der Waals surface area (Å²) < 4.78 is 0. The molecule has 15 heavy (non-hydrogen) atoms. The zero-order valence-electron chi connectivity index (χ0n) is 7.74. The van der Waals surface area contributed by atoms with Gasteiger partial charge in [0, 0.05) is 4.90 Å². The van der Waals surface area contributed by atoms with E-state index in [1.807, 2.05) is 30.3 Å². The molecule has 0 saturated heterocycles. The molecule has 74 valence electrons. The van der Waals surface area contributed by atoms with Crippen molar-refractivity contribution in [3.05, 3.63) is 34.9 Å². The predicted octanol–water partition coefficient (Wildman–Crippen LogP) is 1.88. The molecule has 0 fully saturated rings. The molecule has 0 aliphatic carbocycles. The Hall–Kier alpha value is -1.93. The van der Waals surface area contributed by atoms with Gasteiger partial charge in [0.05, 0.1) is 10.7 Å². The number of nitrogens with two attached hydrogens (primary N) is 1. The smallest absolute Gasteiger partial charge is 0.136 e. The van der Waals surface area contributed by atoms with Crippen LogP contribution in [0, 0.1) is 16.7 Å². The van der Waals surface area contributed by atoms with Gasteiger partial charge in [0.2, 0.25) is 0 Å². The lowest BCUT2D eigenvalue weighted by atomic mass is 10.3. The van der Waals surface area contributed by atoms with E-state index >= 15 is 0 Å². The molecule has 0 saturated carbocycles. The van der Waals surface area contributed by atoms with Crippen LogP contribution in [0.15, 0.2) is 39.8 Å². The summed E-state index contributed by atoms with van der Waals surface area (Å²) in [6, 6.07) is 9.64. The highest BCUT2D eigenvalue weighted by atomic mass is 32.2. The molecule has 5 heteroatoms. The average Bonchev–Trinajstić information content (AvgIpc) is 2.61. The SMILES string of the molecule is N#C/C(C(=N)N)=C1\Nc2ccccc2S1. The molecule has 1 aliphatic heterocycles. The summed E-state index contributed by atoms with van der Waals surface area (Å²) in [7, 11) is 0. The molecule has 0 bridgehead atoms. The lowest BCUT2D eigenvalue weighted by molar-refractivity contribution is 1.40. The summed E-state index contributed by atoms with van der Waals surface area (Å²) in [5, 5.41) is 19.8. The predicted molar refractivity (Wildman–Crippen MR) is 60.5 cm³/mol. The molecule has 0 spiro atoms. The highest BCUT2D eigenvalue weighted by molar-refractivity contribution is 8.03. The number of amidine groups is 1. The number of fused-ring (bicyclic) bond motifs is 1. The van der Waals surface area contributed by atoms with Crippen LogP contribution in [0.25, 0.3) is 0 Å². The van der Waals surface area contributed by atoms with Crippen LogP contribution >= 0.6 is 11.8 Å². The summed E-state index contributed by atoms with van der Waals surface area (Å²) in [6.07, 6.45) is 0. The van der Waals surface area contributed by atoms with Gasteiger partial charge in [-0.25, -0.2) is 0 Å². The quantitative estimate of drug-likeness (QED) is 0.380. The molecule has 0 unspecified atom stereocenters. The summed E-state index contributed by atoms with van der Waals surface area (Å²) in [5.74, 6) is -0.208. The number of nitrogens with one attached hydrogen (secondary N) is 2. The summed E-state index contributed by atoms with van der Waals surface area (Å²) in [6.45, 7) is 0. The molecule has 2 rings (SSSR count). The number of nitriles is 1. The number of para-hydroxylation sites is 1. The number of benzene rings is 1. The van der Waals surface area contributed by atoms with Crippen molar-refractivity contribution in [2.45, 2.75) is 4.90 Å². The van der Waals surface area contributed by atoms with Gasteiger partial charge in [0.1, 0.15) is 17.5 Å². The second kappa shape index (κ2) is 3.67. The van der Waals surface area contributed by atoms with Gasteiger partial charge in [0.15, 0.2) is 0 Å². The van der Waals surface area contributed by atoms with Crippen molar-refractivity contribution in [3.63, 3.8) is 0 Å². The Kier molecular flexibility index (Phi) is 2.35. The lowest BCUT2D eigenvalue weighted by Crippen LogP contribution is -2.14. The third-order valence-electron chi connectivity index (χ3n) is 1.96. The van der Waals surface area contributed by atoms with E-state index in [0.717, 1.165) is 10.6 Å². The van der Waals surface area contributed by atoms with Gasteiger partial charge >= 0.3 is 0 Å². The third-order valence-corrected chi connectivity index (χ3v) is 3.04. The number of hydrogen-bond donors (Lipinski definition) is 3. The topological polar surface area (TPSA) is 85.7 Å². The fourth-order valence-corrected chi connectivity index (χ4v) is 2.28. The molecule has 4 N–H and O–H groups in total. The van der Waals surface area contributed by atoms with Crippen molar-refractivity contribution < 1.29 is 0 Å². The van der Waals surface area contributed by atoms with E-state index in [0.29, 0.717) is 5.03 Å². The first kappa shape index (κ1) is 9.62. The normalized spacial score (nSPS) is 16.2. The maximum Gasteiger partial charge on any atom is 0.136 e. The van der Waals surface area contributed by atoms with Crippen LogP contribution in [0.4, 0.5) is 5.69 Å². The minimum Gasteiger partial charge on any atom is -0.383 e. The van der Waals surface area contributed by atoms with Gasteiger partial charge in [-0.05, 0) is 12.1 Å². The van der Waals surface area contributed by atoms with Crippen molar-refractivity contribution in [1.82, 2.24) is 0 Å². The number of anilines is 1. The van der Waals surface area contributed by atoms with E-state index in [1.54, 1.807) is 0 Å². The molecule has 0 atom stereocenters. The number of rotatable bonds is 1. The maximum atomic E-state index is 8.85. The molecule has 4 nitrogen and oxygen atoms in total. The average molecular weight is 216 g/mol. The van der Waals surface area contributed by atoms with Crippen LogP contribution in [-0.2, 0) is 0 Å². The Labute approximate surface area is 91.3 Å². The maximum absolute atomic E-state index is 8.85. The fraction of sp³-hybridized carbons (Fsp3) is 0. The lowest BCUT2D eigenvalue weighted by Gasteiger charge is -2.00. The Morgan fingerprint density at radius 3 is 2.80 bits per heavy atom. The number of thioether (sulfide) groups is 1. The molecule has 0 amide bonds. The van der Waals surface area contributed by atoms with Gasteiger partial charge in [-0.3, -0.25) is 5.41 Å². The van der Waals surface area contributed by atoms with Crippen LogP contribution in [0.5, 0.6) is 0 Å². The standard InChI is InChI=1S/C10H8N4S/c11-5-6(9(12)13)10-14-7-3-1-2-4-8(7)15-10/h1-4,14H,(H3,12,13)/b10-6-. The van der Waals surface area contributed by atoms with Crippen molar-refractivity contribution in [2.24, 2.45) is 5.73 Å². The monoisotopic (exact) mass is 216 g/mol. The van der Waals surface area contributed by atoms with Crippen LogP contribution in [0.2, 0.25) is 0 Å². The number of nitrogens with zero attached hydrogens (tertiary/aromatic N) is 1. The van der Waals surface area contributed by atoms with Gasteiger partial charge in [-0.15, -0.1) is 0 Å². The molecule has 1 aromatic rings. The third kappa shape index (κ3) is 1.67. The van der Waals surface area contributed by atoms with Gasteiger partial charge in [-0.1, -0.05) is 23.9 Å². The van der Waals surface area contributed by atoms with Crippen LogP contribution in [-0.4, -0.2) is 5.84 Å². The van der Waals surface area contributed by atoms with Crippen molar-refractivity contribution in [3.8, 4) is 6.07 Å². The Morgan fingerprint density at radius 1 is 1.47 bits per heavy atom. The molecule has 1 aromatic carbocycles. The Balaban J connectivity index is 2.42. The second-order valence-electron chi connectivity index (χ2n) is 2.95. The van der Waals surface area contributed by atoms with Crippen LogP contribution in [0.3, 0.4) is 0 Å². The van der Waals surface area contributed by atoms with Crippen LogP contribution < -0.4 is 11.1 Å². The summed E-state index contributed by atoms with van der Waals surface area (Å²) in [4.78, 5) is 1.04. The summed E-state index contributed by atoms with van der Waals surface area (Å²) >= 11 is 1.42. The zero-order chi connectivity index (χ0) is 10.8. The van der Waals surface area contributed by atoms with Crippen molar-refractivity contribution >= 4 is 23.3 Å². The first-order chi connectivity index (χ1) is 7.22. The zero-order valence-corrected chi connectivity index (χ0v) is 8.56. The van der Waals surface area contributed by atoms with Crippen LogP contribution in [0.1, 0.15) is 0 Å². The number of hydrogen-bond acceptors (Lipinski definition) is 4. The highest BCUT2D eigenvalue weighted by Gasteiger charge is 2.19. The fourth-order valence-electron chi connectivity index (χ4n) is 1.26. The van der Waals surface area contributed by atoms with E-state index in [2.05, 4.69) is 5.32 Å². The minimum atomic E-state index is -0.208. The van der Waals surface area contributed by atoms with E-state index in [4.69, 9.17) is 16.4 Å².